The van der Waals surface area contributed by atoms with Gasteiger partial charge in [-0.3, -0.25) is 9.78 Å². The van der Waals surface area contributed by atoms with Crippen molar-refractivity contribution in [1.82, 2.24) is 29.2 Å². The van der Waals surface area contributed by atoms with Gasteiger partial charge in [0.1, 0.15) is 5.82 Å². The second-order valence-electron chi connectivity index (χ2n) is 7.93. The number of amides is 1. The van der Waals surface area contributed by atoms with E-state index < -0.39 is 23.1 Å². The Hall–Kier alpha value is -3.89. The molecule has 1 fully saturated rings. The van der Waals surface area contributed by atoms with Crippen molar-refractivity contribution in [2.24, 2.45) is 0 Å². The lowest BCUT2D eigenvalue weighted by Gasteiger charge is -2.34. The van der Waals surface area contributed by atoms with Gasteiger partial charge < -0.3 is 19.4 Å². The van der Waals surface area contributed by atoms with E-state index in [-0.39, 0.29) is 48.3 Å². The van der Waals surface area contributed by atoms with E-state index in [4.69, 9.17) is 5.11 Å². The molecule has 11 heteroatoms. The summed E-state index contributed by atoms with van der Waals surface area (Å²) in [5.41, 5.74) is -0.633. The van der Waals surface area contributed by atoms with Crippen molar-refractivity contribution in [3.05, 3.63) is 58.4 Å². The highest BCUT2D eigenvalue weighted by molar-refractivity contribution is 5.81. The molecule has 32 heavy (non-hydrogen) atoms. The third kappa shape index (κ3) is 3.26. The van der Waals surface area contributed by atoms with Gasteiger partial charge in [-0.15, -0.1) is 0 Å². The number of imidazole rings is 1. The van der Waals surface area contributed by atoms with Gasteiger partial charge >= 0.3 is 6.09 Å². The van der Waals surface area contributed by atoms with Crippen LogP contribution in [0.3, 0.4) is 0 Å². The summed E-state index contributed by atoms with van der Waals surface area (Å²) in [5.74, 6) is -0.664. The average molecular weight is 440 g/mol. The number of aromatic amines is 1. The minimum Gasteiger partial charge on any atom is -0.465 e. The molecule has 4 aromatic rings. The summed E-state index contributed by atoms with van der Waals surface area (Å²) in [6.07, 6.45) is 3.37. The number of carbonyl (C=O) groups is 1. The van der Waals surface area contributed by atoms with E-state index >= 15 is 4.39 Å². The number of halogens is 2. The lowest BCUT2D eigenvalue weighted by atomic mass is 9.92. The van der Waals surface area contributed by atoms with Crippen LogP contribution in [0.4, 0.5) is 13.6 Å². The van der Waals surface area contributed by atoms with Gasteiger partial charge in [-0.1, -0.05) is 0 Å². The quantitative estimate of drug-likeness (QED) is 0.495. The molecule has 5 rings (SSSR count). The molecule has 0 unspecified atom stereocenters. The number of nitrogens with zero attached hydrogens (tertiary/aromatic N) is 5. The number of nitrogens with one attached hydrogen (secondary N) is 1. The smallest absolute Gasteiger partial charge is 0.407 e. The Kier molecular flexibility index (Phi) is 4.43. The molecule has 164 valence electrons. The Morgan fingerprint density at radius 2 is 1.97 bits per heavy atom. The normalized spacial score (nSPS) is 16.0. The molecule has 0 bridgehead atoms. The molecule has 4 aromatic heterocycles. The van der Waals surface area contributed by atoms with E-state index in [0.29, 0.717) is 17.0 Å². The van der Waals surface area contributed by atoms with E-state index in [0.717, 1.165) is 4.90 Å². The molecule has 0 aliphatic carbocycles. The van der Waals surface area contributed by atoms with Crippen LogP contribution in [0, 0.1) is 12.7 Å². The summed E-state index contributed by atoms with van der Waals surface area (Å²) in [7, 11) is 0. The summed E-state index contributed by atoms with van der Waals surface area (Å²) in [5, 5.41) is 9.24. The van der Waals surface area contributed by atoms with Crippen LogP contribution in [0.2, 0.25) is 0 Å². The van der Waals surface area contributed by atoms with Gasteiger partial charge in [-0.25, -0.2) is 23.5 Å². The zero-order valence-electron chi connectivity index (χ0n) is 17.0. The lowest BCUT2D eigenvalue weighted by molar-refractivity contribution is 0.0487. The maximum Gasteiger partial charge on any atom is 0.407 e. The first-order chi connectivity index (χ1) is 15.2. The maximum atomic E-state index is 15.5. The first kappa shape index (κ1) is 20.0. The number of aryl methyl sites for hydroxylation is 1. The molecule has 9 nitrogen and oxygen atoms in total. The number of pyridine rings is 2. The number of piperidine rings is 1. The van der Waals surface area contributed by atoms with Crippen LogP contribution < -0.4 is 5.56 Å². The van der Waals surface area contributed by atoms with Crippen molar-refractivity contribution in [2.75, 3.05) is 13.1 Å². The summed E-state index contributed by atoms with van der Waals surface area (Å²) in [4.78, 5) is 40.1. The second kappa shape index (κ2) is 7.08. The second-order valence-corrected chi connectivity index (χ2v) is 7.93. The number of H-pyrrole nitrogens is 1. The summed E-state index contributed by atoms with van der Waals surface area (Å²) in [6, 6.07) is 2.77. The Bertz CT molecular complexity index is 1440. The highest BCUT2D eigenvalue weighted by atomic mass is 19.1. The number of fused-ring (bicyclic) bond motifs is 2. The Morgan fingerprint density at radius 1 is 1.22 bits per heavy atom. The van der Waals surface area contributed by atoms with Crippen molar-refractivity contribution in [3.63, 3.8) is 0 Å². The zero-order valence-corrected chi connectivity index (χ0v) is 17.0. The molecule has 1 aliphatic heterocycles. The van der Waals surface area contributed by atoms with Crippen molar-refractivity contribution in [1.29, 1.82) is 0 Å². The number of aromatic nitrogens is 5. The molecule has 0 saturated carbocycles. The van der Waals surface area contributed by atoms with Crippen LogP contribution in [0.15, 0.2) is 35.5 Å². The fraction of sp³-hybridized carbons (Fsp3) is 0.286. The molecule has 0 radical (unpaired) electrons. The molecule has 0 aromatic carbocycles. The minimum absolute atomic E-state index is 0.00648. The van der Waals surface area contributed by atoms with Gasteiger partial charge in [0, 0.05) is 43.9 Å². The number of hydrogen-bond donors (Lipinski definition) is 2. The van der Waals surface area contributed by atoms with Crippen LogP contribution in [-0.4, -0.2) is 53.5 Å². The van der Waals surface area contributed by atoms with Gasteiger partial charge in [0.05, 0.1) is 28.5 Å². The van der Waals surface area contributed by atoms with Gasteiger partial charge in [0.25, 0.3) is 5.56 Å². The topological polar surface area (TPSA) is 116 Å². The fourth-order valence-corrected chi connectivity index (χ4v) is 4.02. The van der Waals surface area contributed by atoms with Gasteiger partial charge in [-0.05, 0) is 19.1 Å². The van der Waals surface area contributed by atoms with E-state index in [1.54, 1.807) is 23.7 Å². The lowest BCUT2D eigenvalue weighted by Crippen LogP contribution is -2.43. The third-order valence-corrected chi connectivity index (χ3v) is 5.77. The third-order valence-electron chi connectivity index (χ3n) is 5.77. The molecule has 5 heterocycles. The van der Waals surface area contributed by atoms with Gasteiger partial charge in [-0.2, -0.15) is 0 Å². The van der Waals surface area contributed by atoms with Crippen LogP contribution in [0.5, 0.6) is 0 Å². The number of rotatable bonds is 2. The minimum atomic E-state index is -1.94. The largest absolute Gasteiger partial charge is 0.465 e. The molecule has 0 atom stereocenters. The van der Waals surface area contributed by atoms with E-state index in [9.17, 15) is 14.0 Å². The number of hydrogen-bond acceptors (Lipinski definition) is 5. The van der Waals surface area contributed by atoms with Gasteiger partial charge in [0.15, 0.2) is 17.1 Å². The monoisotopic (exact) mass is 440 g/mol. The Balaban J connectivity index is 1.53. The first-order valence-corrected chi connectivity index (χ1v) is 9.96. The van der Waals surface area contributed by atoms with Crippen LogP contribution in [0.1, 0.15) is 24.4 Å². The molecule has 1 aliphatic rings. The van der Waals surface area contributed by atoms with Crippen LogP contribution in [-0.2, 0) is 5.67 Å². The summed E-state index contributed by atoms with van der Waals surface area (Å²) >= 11 is 0. The SMILES string of the molecule is Cc1cn2cc(-c3cc4c(=O)[nH]c(C5(F)CCN(C(=O)O)CC5)nc4cn3)cc(F)c2n1. The number of likely N-dealkylation sites (tertiary alicyclic amines) is 1. The van der Waals surface area contributed by atoms with E-state index in [2.05, 4.69) is 19.9 Å². The predicted molar refractivity (Wildman–Crippen MR) is 111 cm³/mol. The number of carboxylic acid groups (broad SMARTS) is 1. The average Bonchev–Trinajstić information content (AvgIpc) is 3.14. The van der Waals surface area contributed by atoms with E-state index in [1.807, 2.05) is 0 Å². The highest BCUT2D eigenvalue weighted by Gasteiger charge is 2.40. The standard InChI is InChI=1S/C21H18F2N6O3/c1-11-9-29-10-12(6-14(22)17(29)25-11)15-7-13-16(8-24-15)26-19(27-18(13)30)21(23)2-4-28(5-3-21)20(31)32/h6-10H,2-5H2,1H3,(H,31,32)(H,26,27,30). The zero-order chi connectivity index (χ0) is 22.6. The maximum absolute atomic E-state index is 15.5. The molecule has 2 N–H and O–H groups in total. The molecule has 1 saturated heterocycles. The highest BCUT2D eigenvalue weighted by Crippen LogP contribution is 2.35. The Morgan fingerprint density at radius 3 is 2.69 bits per heavy atom. The molecular formula is C21H18F2N6O3. The van der Waals surface area contributed by atoms with Crippen molar-refractivity contribution in [2.45, 2.75) is 25.4 Å². The van der Waals surface area contributed by atoms with Crippen LogP contribution >= 0.6 is 0 Å². The number of alkyl halides is 1. The van der Waals surface area contributed by atoms with Crippen molar-refractivity contribution >= 4 is 22.6 Å². The summed E-state index contributed by atoms with van der Waals surface area (Å²) in [6.45, 7) is 1.77. The molecule has 1 amide bonds. The van der Waals surface area contributed by atoms with Crippen molar-refractivity contribution < 1.29 is 18.7 Å². The first-order valence-electron chi connectivity index (χ1n) is 9.96. The van der Waals surface area contributed by atoms with Crippen molar-refractivity contribution in [3.8, 4) is 11.3 Å². The molecule has 0 spiro atoms. The molecular weight excluding hydrogens is 422 g/mol. The summed E-state index contributed by atoms with van der Waals surface area (Å²) < 4.78 is 31.5. The Labute approximate surface area is 179 Å². The van der Waals surface area contributed by atoms with Gasteiger partial charge in [0.2, 0.25) is 0 Å². The predicted octanol–water partition coefficient (Wildman–Crippen LogP) is 3.02. The van der Waals surface area contributed by atoms with Crippen LogP contribution in [0.25, 0.3) is 27.8 Å². The van der Waals surface area contributed by atoms with E-state index in [1.165, 1.54) is 18.3 Å². The fourth-order valence-electron chi connectivity index (χ4n) is 4.02.